The predicted octanol–water partition coefficient (Wildman–Crippen LogP) is 0.868. The maximum atomic E-state index is 13.9. The molecule has 0 spiro atoms. The van der Waals surface area contributed by atoms with Crippen LogP contribution in [-0.4, -0.2) is 17.6 Å². The van der Waals surface area contributed by atoms with E-state index in [-0.39, 0.29) is 5.56 Å². The number of methoxy groups -OCH3 is 1. The highest BCUT2D eigenvalue weighted by atomic mass is 19.1. The second-order valence-corrected chi connectivity index (χ2v) is 4.43. The highest BCUT2D eigenvalue weighted by Crippen LogP contribution is 2.39. The SMILES string of the molecule is COC(=O)C1C(N)c2c(F)ccc3ccc(=O)n1c23. The molecule has 1 aromatic carbocycles. The first-order chi connectivity index (χ1) is 9.06. The summed E-state index contributed by atoms with van der Waals surface area (Å²) in [6.07, 6.45) is 0. The minimum absolute atomic E-state index is 0.186. The zero-order valence-corrected chi connectivity index (χ0v) is 10.1. The minimum Gasteiger partial charge on any atom is -0.467 e. The first-order valence-electron chi connectivity index (χ1n) is 5.73. The zero-order valence-electron chi connectivity index (χ0n) is 10.1. The summed E-state index contributed by atoms with van der Waals surface area (Å²) in [6, 6.07) is 3.81. The molecule has 2 unspecified atom stereocenters. The Morgan fingerprint density at radius 2 is 2.05 bits per heavy atom. The molecule has 2 N–H and O–H groups in total. The number of ether oxygens (including phenoxy) is 1. The van der Waals surface area contributed by atoms with Crippen LogP contribution in [0.1, 0.15) is 17.6 Å². The van der Waals surface area contributed by atoms with Crippen molar-refractivity contribution in [1.82, 2.24) is 4.57 Å². The molecule has 2 atom stereocenters. The monoisotopic (exact) mass is 262 g/mol. The molecule has 19 heavy (non-hydrogen) atoms. The molecule has 2 heterocycles. The number of rotatable bonds is 1. The van der Waals surface area contributed by atoms with Gasteiger partial charge in [0.2, 0.25) is 0 Å². The van der Waals surface area contributed by atoms with Crippen LogP contribution in [0, 0.1) is 5.82 Å². The van der Waals surface area contributed by atoms with E-state index in [9.17, 15) is 14.0 Å². The van der Waals surface area contributed by atoms with Gasteiger partial charge in [-0.25, -0.2) is 9.18 Å². The van der Waals surface area contributed by atoms with Crippen LogP contribution in [0.2, 0.25) is 0 Å². The molecule has 1 aliphatic rings. The van der Waals surface area contributed by atoms with E-state index in [0.29, 0.717) is 10.9 Å². The number of esters is 1. The molecular formula is C13H11FN2O3. The molecule has 0 saturated heterocycles. The van der Waals surface area contributed by atoms with Crippen LogP contribution in [0.4, 0.5) is 4.39 Å². The van der Waals surface area contributed by atoms with Gasteiger partial charge in [-0.15, -0.1) is 0 Å². The number of nitrogens with two attached hydrogens (primary N) is 1. The third-order valence-electron chi connectivity index (χ3n) is 3.47. The third kappa shape index (κ3) is 1.43. The van der Waals surface area contributed by atoms with Crippen molar-refractivity contribution in [3.05, 3.63) is 46.0 Å². The Bertz CT molecular complexity index is 753. The zero-order chi connectivity index (χ0) is 13.7. The van der Waals surface area contributed by atoms with Gasteiger partial charge in [0, 0.05) is 11.6 Å². The average Bonchev–Trinajstić information content (AvgIpc) is 2.71. The van der Waals surface area contributed by atoms with E-state index >= 15 is 0 Å². The Morgan fingerprint density at radius 1 is 1.37 bits per heavy atom. The number of carbonyl (C=O) groups is 1. The lowest BCUT2D eigenvalue weighted by atomic mass is 10.0. The standard InChI is InChI=1S/C13H11FN2O3/c1-19-13(18)12-10(15)9-7(14)4-2-6-3-5-8(17)16(12)11(6)9/h2-5,10,12H,15H2,1H3. The summed E-state index contributed by atoms with van der Waals surface area (Å²) < 4.78 is 19.8. The topological polar surface area (TPSA) is 74.3 Å². The highest BCUT2D eigenvalue weighted by molar-refractivity contribution is 5.89. The Hall–Kier alpha value is -2.21. The number of nitrogens with zero attached hydrogens (tertiary/aromatic N) is 1. The fourth-order valence-electron chi connectivity index (χ4n) is 2.64. The molecule has 0 saturated carbocycles. The molecule has 6 heteroatoms. The van der Waals surface area contributed by atoms with Crippen molar-refractivity contribution >= 4 is 16.9 Å². The smallest absolute Gasteiger partial charge is 0.330 e. The lowest BCUT2D eigenvalue weighted by molar-refractivity contribution is -0.145. The summed E-state index contributed by atoms with van der Waals surface area (Å²) in [6.45, 7) is 0. The summed E-state index contributed by atoms with van der Waals surface area (Å²) in [5, 5.41) is 0.665. The summed E-state index contributed by atoms with van der Waals surface area (Å²) in [5.74, 6) is -1.18. The number of carbonyl (C=O) groups excluding carboxylic acids is 1. The molecule has 1 aromatic heterocycles. The number of pyridine rings is 1. The first-order valence-corrected chi connectivity index (χ1v) is 5.73. The fraction of sp³-hybridized carbons (Fsp3) is 0.231. The van der Waals surface area contributed by atoms with E-state index in [1.165, 1.54) is 23.8 Å². The van der Waals surface area contributed by atoms with Crippen molar-refractivity contribution in [2.45, 2.75) is 12.1 Å². The molecule has 1 aliphatic heterocycles. The van der Waals surface area contributed by atoms with E-state index < -0.39 is 29.4 Å². The van der Waals surface area contributed by atoms with Gasteiger partial charge < -0.3 is 10.5 Å². The van der Waals surface area contributed by atoms with Gasteiger partial charge in [-0.05, 0) is 23.6 Å². The van der Waals surface area contributed by atoms with Crippen LogP contribution in [0.25, 0.3) is 10.9 Å². The molecule has 0 amide bonds. The maximum Gasteiger partial charge on any atom is 0.330 e. The molecule has 98 valence electrons. The van der Waals surface area contributed by atoms with Crippen LogP contribution in [0.15, 0.2) is 29.1 Å². The number of halogens is 1. The Kier molecular flexibility index (Phi) is 2.43. The minimum atomic E-state index is -1.02. The third-order valence-corrected chi connectivity index (χ3v) is 3.47. The first kappa shape index (κ1) is 11.9. The molecule has 2 aromatic rings. The average molecular weight is 262 g/mol. The van der Waals surface area contributed by atoms with Gasteiger partial charge in [0.05, 0.1) is 18.7 Å². The highest BCUT2D eigenvalue weighted by Gasteiger charge is 2.40. The number of hydrogen-bond donors (Lipinski definition) is 1. The molecule has 5 nitrogen and oxygen atoms in total. The van der Waals surface area contributed by atoms with Gasteiger partial charge in [-0.3, -0.25) is 9.36 Å². The van der Waals surface area contributed by atoms with Gasteiger partial charge in [0.1, 0.15) is 5.82 Å². The van der Waals surface area contributed by atoms with Gasteiger partial charge in [0.15, 0.2) is 6.04 Å². The molecular weight excluding hydrogens is 251 g/mol. The number of benzene rings is 1. The lowest BCUT2D eigenvalue weighted by Gasteiger charge is -2.16. The van der Waals surface area contributed by atoms with Crippen LogP contribution in [-0.2, 0) is 9.53 Å². The summed E-state index contributed by atoms with van der Waals surface area (Å²) in [4.78, 5) is 23.8. The van der Waals surface area contributed by atoms with Crippen LogP contribution < -0.4 is 11.3 Å². The molecule has 0 aliphatic carbocycles. The summed E-state index contributed by atoms with van der Waals surface area (Å²) in [5.41, 5.74) is 6.09. The van der Waals surface area contributed by atoms with E-state index in [2.05, 4.69) is 4.74 Å². The van der Waals surface area contributed by atoms with E-state index in [4.69, 9.17) is 5.73 Å². The molecule has 3 rings (SSSR count). The van der Waals surface area contributed by atoms with E-state index in [1.54, 1.807) is 12.1 Å². The maximum absolute atomic E-state index is 13.9. The van der Waals surface area contributed by atoms with Crippen molar-refractivity contribution in [3.8, 4) is 0 Å². The Balaban J connectivity index is 2.44. The number of aromatic nitrogens is 1. The Labute approximate surface area is 107 Å². The van der Waals surface area contributed by atoms with Crippen molar-refractivity contribution in [1.29, 1.82) is 0 Å². The quantitative estimate of drug-likeness (QED) is 0.774. The lowest BCUT2D eigenvalue weighted by Crippen LogP contribution is -2.33. The van der Waals surface area contributed by atoms with Gasteiger partial charge in [0.25, 0.3) is 5.56 Å². The van der Waals surface area contributed by atoms with E-state index in [0.717, 1.165) is 0 Å². The van der Waals surface area contributed by atoms with Crippen LogP contribution >= 0.6 is 0 Å². The van der Waals surface area contributed by atoms with Crippen molar-refractivity contribution in [2.75, 3.05) is 7.11 Å². The number of hydrogen-bond acceptors (Lipinski definition) is 4. The van der Waals surface area contributed by atoms with Gasteiger partial charge in [-0.2, -0.15) is 0 Å². The van der Waals surface area contributed by atoms with Crippen LogP contribution in [0.5, 0.6) is 0 Å². The fourth-order valence-corrected chi connectivity index (χ4v) is 2.64. The van der Waals surface area contributed by atoms with Crippen molar-refractivity contribution < 1.29 is 13.9 Å². The van der Waals surface area contributed by atoms with Crippen LogP contribution in [0.3, 0.4) is 0 Å². The second kappa shape index (κ2) is 3.89. The normalized spacial score (nSPS) is 20.8. The van der Waals surface area contributed by atoms with Gasteiger partial charge >= 0.3 is 5.97 Å². The molecule has 0 bridgehead atoms. The largest absolute Gasteiger partial charge is 0.467 e. The summed E-state index contributed by atoms with van der Waals surface area (Å²) >= 11 is 0. The second-order valence-electron chi connectivity index (χ2n) is 4.43. The van der Waals surface area contributed by atoms with Crippen molar-refractivity contribution in [3.63, 3.8) is 0 Å². The molecule has 0 radical (unpaired) electrons. The Morgan fingerprint density at radius 3 is 2.74 bits per heavy atom. The predicted molar refractivity (Wildman–Crippen MR) is 66.1 cm³/mol. The van der Waals surface area contributed by atoms with E-state index in [1.807, 2.05) is 0 Å². The van der Waals surface area contributed by atoms with Crippen molar-refractivity contribution in [2.24, 2.45) is 5.73 Å². The molecule has 0 fully saturated rings. The van der Waals surface area contributed by atoms with Gasteiger partial charge in [-0.1, -0.05) is 0 Å². The summed E-state index contributed by atoms with van der Waals surface area (Å²) in [7, 11) is 1.21.